The number of phenolic OH excluding ortho intramolecular Hbond substituents is 1. The molecule has 29 heavy (non-hydrogen) atoms. The summed E-state index contributed by atoms with van der Waals surface area (Å²) in [4.78, 5) is 7.29. The molecule has 16 heteroatoms. The molecule has 0 bridgehead atoms. The van der Waals surface area contributed by atoms with Crippen LogP contribution in [-0.4, -0.2) is 29.7 Å². The number of rotatable bonds is 5. The first kappa shape index (κ1) is 23.3. The van der Waals surface area contributed by atoms with Gasteiger partial charge in [-0.2, -0.15) is 0 Å². The van der Waals surface area contributed by atoms with E-state index in [-0.39, 0.29) is 4.47 Å². The van der Waals surface area contributed by atoms with Crippen molar-refractivity contribution in [2.45, 2.75) is 9.79 Å². The molecule has 0 aliphatic carbocycles. The SMILES string of the molecule is O=C(O)c1cc(S(F)(F)(F)(F)F)cc(NS(=O)(=O)c2cc(Br)cc(Cl)c2O)c1O. The summed E-state index contributed by atoms with van der Waals surface area (Å²) in [5.74, 6) is -4.84. The van der Waals surface area contributed by atoms with Crippen LogP contribution in [0.2, 0.25) is 5.02 Å². The second-order valence-corrected chi connectivity index (χ2v) is 10.9. The Bertz CT molecular complexity index is 1160. The van der Waals surface area contributed by atoms with E-state index in [2.05, 4.69) is 15.9 Å². The first-order valence-electron chi connectivity index (χ1n) is 6.78. The van der Waals surface area contributed by atoms with E-state index in [1.54, 1.807) is 0 Å². The minimum atomic E-state index is -10.5. The molecular weight excluding hydrogens is 541 g/mol. The molecule has 2 aromatic carbocycles. The van der Waals surface area contributed by atoms with E-state index in [1.165, 1.54) is 4.72 Å². The summed E-state index contributed by atoms with van der Waals surface area (Å²) in [6.07, 6.45) is 0. The number of carbonyl (C=O) groups is 1. The van der Waals surface area contributed by atoms with Crippen LogP contribution in [-0.2, 0) is 10.0 Å². The van der Waals surface area contributed by atoms with Crippen molar-refractivity contribution in [2.24, 2.45) is 0 Å². The zero-order valence-corrected chi connectivity index (χ0v) is 17.3. The molecule has 0 heterocycles. The fourth-order valence-electron chi connectivity index (χ4n) is 2.02. The van der Waals surface area contributed by atoms with E-state index >= 15 is 0 Å². The van der Waals surface area contributed by atoms with Crippen molar-refractivity contribution in [1.82, 2.24) is 0 Å². The van der Waals surface area contributed by atoms with Gasteiger partial charge in [0.2, 0.25) is 0 Å². The molecular formula is C13H8BrClF5NO6S2. The number of aromatic carboxylic acids is 1. The van der Waals surface area contributed by atoms with Crippen molar-refractivity contribution in [2.75, 3.05) is 4.72 Å². The number of hydrogen-bond acceptors (Lipinski definition) is 5. The monoisotopic (exact) mass is 547 g/mol. The number of anilines is 1. The molecule has 0 radical (unpaired) electrons. The predicted octanol–water partition coefficient (Wildman–Crippen LogP) is 5.67. The van der Waals surface area contributed by atoms with Crippen LogP contribution >= 0.6 is 37.8 Å². The largest absolute Gasteiger partial charge is 0.505 e. The van der Waals surface area contributed by atoms with E-state index < -0.39 is 75.9 Å². The van der Waals surface area contributed by atoms with Gasteiger partial charge in [0.05, 0.1) is 10.7 Å². The maximum atomic E-state index is 13.1. The van der Waals surface area contributed by atoms with Crippen LogP contribution in [0.4, 0.5) is 25.1 Å². The van der Waals surface area contributed by atoms with E-state index in [0.717, 1.165) is 12.1 Å². The van der Waals surface area contributed by atoms with Gasteiger partial charge in [0.1, 0.15) is 15.4 Å². The highest BCUT2D eigenvalue weighted by atomic mass is 79.9. The topological polar surface area (TPSA) is 124 Å². The first-order chi connectivity index (χ1) is 12.7. The Hall–Kier alpha value is -1.97. The van der Waals surface area contributed by atoms with Crippen LogP contribution < -0.4 is 4.72 Å². The standard InChI is InChI=1S/C13H8BrClF5NO6S2/c14-5-1-8(15)12(23)10(2-5)28(26,27)21-9-4-6(29(16,17,18,19)20)3-7(11(9)22)13(24)25/h1-4,21-23H,(H,24,25). The fraction of sp³-hybridized carbons (Fsp3) is 0. The summed E-state index contributed by atoms with van der Waals surface area (Å²) in [7, 11) is -15.5. The fourth-order valence-corrected chi connectivity index (χ4v) is 4.92. The molecule has 0 aliphatic heterocycles. The van der Waals surface area contributed by atoms with Crippen molar-refractivity contribution in [3.8, 4) is 11.5 Å². The Morgan fingerprint density at radius 3 is 2.07 bits per heavy atom. The van der Waals surface area contributed by atoms with Crippen molar-refractivity contribution in [3.63, 3.8) is 0 Å². The molecule has 162 valence electrons. The highest BCUT2D eigenvalue weighted by Gasteiger charge is 2.66. The molecule has 0 atom stereocenters. The Morgan fingerprint density at radius 1 is 1.03 bits per heavy atom. The van der Waals surface area contributed by atoms with Crippen LogP contribution in [0, 0.1) is 0 Å². The minimum absolute atomic E-state index is 0.0110. The minimum Gasteiger partial charge on any atom is -0.505 e. The molecule has 2 rings (SSSR count). The Morgan fingerprint density at radius 2 is 1.59 bits per heavy atom. The number of sulfonamides is 1. The Labute approximate surface area is 172 Å². The third-order valence-corrected chi connectivity index (χ3v) is 6.54. The highest BCUT2D eigenvalue weighted by Crippen LogP contribution is 3.02. The average molecular weight is 549 g/mol. The van der Waals surface area contributed by atoms with Crippen LogP contribution in [0.25, 0.3) is 0 Å². The van der Waals surface area contributed by atoms with Gasteiger partial charge in [0.25, 0.3) is 10.0 Å². The third kappa shape index (κ3) is 4.96. The lowest BCUT2D eigenvalue weighted by molar-refractivity contribution is 0.0693. The maximum absolute atomic E-state index is 13.1. The van der Waals surface area contributed by atoms with E-state index in [0.29, 0.717) is 0 Å². The Balaban J connectivity index is 2.76. The lowest BCUT2D eigenvalue weighted by Gasteiger charge is -2.40. The maximum Gasteiger partial charge on any atom is 0.339 e. The Kier molecular flexibility index (Phi) is 5.03. The third-order valence-electron chi connectivity index (χ3n) is 3.29. The summed E-state index contributed by atoms with van der Waals surface area (Å²) in [6, 6.07) is 0.861. The number of phenols is 2. The van der Waals surface area contributed by atoms with Crippen molar-refractivity contribution in [3.05, 3.63) is 39.3 Å². The van der Waals surface area contributed by atoms with Gasteiger partial charge in [-0.3, -0.25) is 4.72 Å². The molecule has 0 amide bonds. The highest BCUT2D eigenvalue weighted by molar-refractivity contribution is 9.10. The zero-order valence-electron chi connectivity index (χ0n) is 13.3. The van der Waals surface area contributed by atoms with Crippen LogP contribution in [0.3, 0.4) is 0 Å². The molecule has 0 saturated heterocycles. The molecule has 0 aliphatic rings. The van der Waals surface area contributed by atoms with E-state index in [4.69, 9.17) is 16.7 Å². The van der Waals surface area contributed by atoms with Crippen molar-refractivity contribution < 1.29 is 48.0 Å². The summed E-state index contributed by atoms with van der Waals surface area (Å²) < 4.78 is 91.7. The van der Waals surface area contributed by atoms with Gasteiger partial charge < -0.3 is 15.3 Å². The lowest BCUT2D eigenvalue weighted by atomic mass is 10.2. The molecule has 7 nitrogen and oxygen atoms in total. The van der Waals surface area contributed by atoms with Gasteiger partial charge in [-0.15, -0.1) is 0 Å². The molecule has 0 fully saturated rings. The number of aromatic hydroxyl groups is 2. The van der Waals surface area contributed by atoms with Gasteiger partial charge >= 0.3 is 16.2 Å². The number of halogens is 7. The number of hydrogen-bond donors (Lipinski definition) is 4. The van der Waals surface area contributed by atoms with Crippen LogP contribution in [0.5, 0.6) is 11.5 Å². The van der Waals surface area contributed by atoms with Crippen LogP contribution in [0.1, 0.15) is 10.4 Å². The first-order valence-corrected chi connectivity index (χ1v) is 11.4. The summed E-state index contributed by atoms with van der Waals surface area (Å²) in [5.41, 5.74) is -3.14. The van der Waals surface area contributed by atoms with Crippen molar-refractivity contribution >= 4 is 59.4 Å². The average Bonchev–Trinajstić information content (AvgIpc) is 2.49. The number of carboxylic acid groups (broad SMARTS) is 1. The molecule has 0 aromatic heterocycles. The molecule has 4 N–H and O–H groups in total. The van der Waals surface area contributed by atoms with Gasteiger partial charge in [0.15, 0.2) is 11.5 Å². The number of carboxylic acids is 1. The predicted molar refractivity (Wildman–Crippen MR) is 98.1 cm³/mol. The van der Waals surface area contributed by atoms with E-state index in [9.17, 15) is 42.9 Å². The van der Waals surface area contributed by atoms with Gasteiger partial charge in [-0.1, -0.05) is 47.0 Å². The second-order valence-electron chi connectivity index (χ2n) is 5.48. The summed E-state index contributed by atoms with van der Waals surface area (Å²) in [6.45, 7) is 0. The molecule has 0 spiro atoms. The molecule has 2 aromatic rings. The quantitative estimate of drug-likeness (QED) is 0.282. The van der Waals surface area contributed by atoms with Gasteiger partial charge in [-0.05, 0) is 24.3 Å². The normalized spacial score (nSPS) is 14.7. The molecule has 0 saturated carbocycles. The van der Waals surface area contributed by atoms with Gasteiger partial charge in [-0.25, -0.2) is 13.2 Å². The smallest absolute Gasteiger partial charge is 0.339 e. The van der Waals surface area contributed by atoms with Gasteiger partial charge in [0, 0.05) is 4.47 Å². The van der Waals surface area contributed by atoms with Crippen molar-refractivity contribution in [1.29, 1.82) is 0 Å². The van der Waals surface area contributed by atoms with Crippen LogP contribution in [0.15, 0.2) is 38.5 Å². The molecule has 0 unspecified atom stereocenters. The summed E-state index contributed by atoms with van der Waals surface area (Å²) in [5, 5.41) is 28.0. The number of nitrogens with one attached hydrogen (secondary N) is 1. The zero-order chi connectivity index (χ0) is 22.6. The van der Waals surface area contributed by atoms with E-state index in [1.807, 2.05) is 0 Å². The second kappa shape index (κ2) is 6.26. The lowest BCUT2D eigenvalue weighted by Crippen LogP contribution is -2.16. The number of benzene rings is 2. The summed E-state index contributed by atoms with van der Waals surface area (Å²) >= 11 is 8.47.